The van der Waals surface area contributed by atoms with Crippen molar-refractivity contribution in [3.63, 3.8) is 0 Å². The van der Waals surface area contributed by atoms with Crippen LogP contribution in [0.4, 0.5) is 0 Å². The number of aromatic amines is 1. The zero-order valence-corrected chi connectivity index (χ0v) is 16.5. The van der Waals surface area contributed by atoms with E-state index in [-0.39, 0.29) is 11.6 Å². The average molecular weight is 369 g/mol. The fourth-order valence-electron chi connectivity index (χ4n) is 3.73. The molecule has 0 saturated carbocycles. The molecule has 0 saturated heterocycles. The van der Waals surface area contributed by atoms with Crippen molar-refractivity contribution < 1.29 is 5.32 Å². The molecule has 0 fully saturated rings. The van der Waals surface area contributed by atoms with Crippen molar-refractivity contribution in [3.8, 4) is 0 Å². The fraction of sp³-hybridized carbons (Fsp3) is 0.429. The number of thiophene rings is 1. The molecule has 136 valence electrons. The van der Waals surface area contributed by atoms with Crippen LogP contribution in [0.3, 0.4) is 0 Å². The van der Waals surface area contributed by atoms with Gasteiger partial charge in [-0.2, -0.15) is 0 Å². The van der Waals surface area contributed by atoms with E-state index in [1.54, 1.807) is 11.3 Å². The lowest BCUT2D eigenvalue weighted by atomic mass is 9.89. The average Bonchev–Trinajstić information content (AvgIpc) is 2.98. The summed E-state index contributed by atoms with van der Waals surface area (Å²) in [6.45, 7) is 7.37. The van der Waals surface area contributed by atoms with Crippen molar-refractivity contribution in [3.05, 3.63) is 62.0 Å². The molecule has 1 aromatic carbocycles. The van der Waals surface area contributed by atoms with E-state index in [1.807, 2.05) is 0 Å². The van der Waals surface area contributed by atoms with Gasteiger partial charge in [-0.15, -0.1) is 11.3 Å². The third-order valence-corrected chi connectivity index (χ3v) is 6.59. The smallest absolute Gasteiger partial charge is 0.260 e. The Bertz CT molecular complexity index is 987. The standard InChI is InChI=1S/C21H25N3OS/c1-12-4-7-15(8-5-12)11-22-14(3)19-23-20(25)18-16-9-6-13(2)10-17(16)26-21(18)24-19/h4-5,7-8,13-14,22H,6,9-11H2,1-3H3,(H,23,24,25)/p+1/t13-,14-/m1/s1. The number of fused-ring (bicyclic) bond motifs is 3. The molecule has 3 aromatic rings. The van der Waals surface area contributed by atoms with E-state index in [0.29, 0.717) is 5.92 Å². The minimum Gasteiger partial charge on any atom is -0.334 e. The van der Waals surface area contributed by atoms with E-state index in [4.69, 9.17) is 4.98 Å². The van der Waals surface area contributed by atoms with Gasteiger partial charge in [-0.05, 0) is 44.6 Å². The third kappa shape index (κ3) is 3.33. The van der Waals surface area contributed by atoms with E-state index in [1.165, 1.54) is 28.0 Å². The monoisotopic (exact) mass is 368 g/mol. The first-order chi connectivity index (χ1) is 12.5. The summed E-state index contributed by atoms with van der Waals surface area (Å²) in [6, 6.07) is 8.71. The second-order valence-corrected chi connectivity index (χ2v) is 8.78. The summed E-state index contributed by atoms with van der Waals surface area (Å²) in [5, 5.41) is 3.07. The van der Waals surface area contributed by atoms with Crippen molar-refractivity contribution in [2.45, 2.75) is 52.6 Å². The van der Waals surface area contributed by atoms with Crippen LogP contribution in [0.15, 0.2) is 29.1 Å². The molecule has 0 bridgehead atoms. The number of nitrogens with zero attached hydrogens (tertiary/aromatic N) is 1. The second kappa shape index (κ2) is 6.97. The van der Waals surface area contributed by atoms with Gasteiger partial charge >= 0.3 is 0 Å². The van der Waals surface area contributed by atoms with E-state index >= 15 is 0 Å². The molecule has 2 heterocycles. The molecule has 0 amide bonds. The predicted octanol–water partition coefficient (Wildman–Crippen LogP) is 3.24. The third-order valence-electron chi connectivity index (χ3n) is 5.44. The number of nitrogens with two attached hydrogens (primary N) is 1. The largest absolute Gasteiger partial charge is 0.334 e. The number of H-pyrrole nitrogens is 1. The minimum atomic E-state index is 0.0349. The fourth-order valence-corrected chi connectivity index (χ4v) is 5.12. The first kappa shape index (κ1) is 17.4. The van der Waals surface area contributed by atoms with Gasteiger partial charge in [0.25, 0.3) is 5.56 Å². The van der Waals surface area contributed by atoms with Crippen molar-refractivity contribution in [2.24, 2.45) is 5.92 Å². The summed E-state index contributed by atoms with van der Waals surface area (Å²) >= 11 is 1.72. The van der Waals surface area contributed by atoms with Crippen molar-refractivity contribution in [1.82, 2.24) is 9.97 Å². The highest BCUT2D eigenvalue weighted by Gasteiger charge is 2.24. The Labute approximate surface area is 157 Å². The SMILES string of the molecule is Cc1ccc(C[NH2+][C@H](C)c2nc3sc4c(c3c(=O)[nH]2)CC[C@@H](C)C4)cc1. The molecule has 3 N–H and O–H groups in total. The van der Waals surface area contributed by atoms with Crippen LogP contribution >= 0.6 is 11.3 Å². The Balaban J connectivity index is 1.58. The normalized spacial score (nSPS) is 18.0. The lowest BCUT2D eigenvalue weighted by Gasteiger charge is -2.17. The van der Waals surface area contributed by atoms with Crippen LogP contribution < -0.4 is 10.9 Å². The maximum absolute atomic E-state index is 12.7. The Kier molecular flexibility index (Phi) is 4.67. The quantitative estimate of drug-likeness (QED) is 0.743. The first-order valence-corrected chi connectivity index (χ1v) is 10.3. The number of aromatic nitrogens is 2. The lowest BCUT2D eigenvalue weighted by molar-refractivity contribution is -0.709. The van der Waals surface area contributed by atoms with E-state index in [0.717, 1.165) is 35.4 Å². The molecule has 2 atom stereocenters. The van der Waals surface area contributed by atoms with Gasteiger partial charge in [-0.1, -0.05) is 36.8 Å². The number of rotatable bonds is 4. The van der Waals surface area contributed by atoms with Crippen LogP contribution in [0.1, 0.15) is 53.7 Å². The summed E-state index contributed by atoms with van der Waals surface area (Å²) in [4.78, 5) is 22.9. The highest BCUT2D eigenvalue weighted by atomic mass is 32.1. The van der Waals surface area contributed by atoms with Gasteiger partial charge in [-0.3, -0.25) is 4.79 Å². The topological polar surface area (TPSA) is 62.4 Å². The molecular weight excluding hydrogens is 342 g/mol. The van der Waals surface area contributed by atoms with Crippen molar-refractivity contribution in [1.29, 1.82) is 0 Å². The molecule has 0 unspecified atom stereocenters. The molecule has 0 spiro atoms. The zero-order valence-electron chi connectivity index (χ0n) is 15.6. The summed E-state index contributed by atoms with van der Waals surface area (Å²) in [5.41, 5.74) is 3.84. The number of quaternary nitrogens is 1. The molecule has 0 aliphatic heterocycles. The van der Waals surface area contributed by atoms with E-state index in [2.05, 4.69) is 55.3 Å². The highest BCUT2D eigenvalue weighted by molar-refractivity contribution is 7.18. The first-order valence-electron chi connectivity index (χ1n) is 9.44. The predicted molar refractivity (Wildman–Crippen MR) is 107 cm³/mol. The molecule has 26 heavy (non-hydrogen) atoms. The van der Waals surface area contributed by atoms with Crippen molar-refractivity contribution >= 4 is 21.6 Å². The molecule has 2 aromatic heterocycles. The maximum atomic E-state index is 12.7. The minimum absolute atomic E-state index is 0.0349. The Morgan fingerprint density at radius 1 is 1.35 bits per heavy atom. The van der Waals surface area contributed by atoms with Gasteiger partial charge in [0.15, 0.2) is 5.82 Å². The van der Waals surface area contributed by atoms with Gasteiger partial charge in [0, 0.05) is 10.4 Å². The number of hydrogen-bond acceptors (Lipinski definition) is 3. The number of aryl methyl sites for hydroxylation is 2. The van der Waals surface area contributed by atoms with Gasteiger partial charge < -0.3 is 10.3 Å². The molecule has 5 heteroatoms. The molecule has 4 nitrogen and oxygen atoms in total. The number of hydrogen-bond donors (Lipinski definition) is 2. The molecule has 1 aliphatic carbocycles. The van der Waals surface area contributed by atoms with Crippen molar-refractivity contribution in [2.75, 3.05) is 0 Å². The maximum Gasteiger partial charge on any atom is 0.260 e. The van der Waals surface area contributed by atoms with E-state index in [9.17, 15) is 4.79 Å². The summed E-state index contributed by atoms with van der Waals surface area (Å²) in [6.07, 6.45) is 3.26. The van der Waals surface area contributed by atoms with Crippen LogP contribution in [0.5, 0.6) is 0 Å². The van der Waals surface area contributed by atoms with Gasteiger partial charge in [0.05, 0.1) is 5.39 Å². The summed E-state index contributed by atoms with van der Waals surface area (Å²) in [5.74, 6) is 1.48. The van der Waals surface area contributed by atoms with Crippen LogP contribution in [0, 0.1) is 12.8 Å². The molecule has 0 radical (unpaired) electrons. The summed E-state index contributed by atoms with van der Waals surface area (Å²) in [7, 11) is 0. The van der Waals surface area contributed by atoms with Crippen LogP contribution in [0.25, 0.3) is 10.2 Å². The Morgan fingerprint density at radius 3 is 2.88 bits per heavy atom. The van der Waals surface area contributed by atoms with Crippen LogP contribution in [-0.4, -0.2) is 9.97 Å². The molecule has 4 rings (SSSR count). The zero-order chi connectivity index (χ0) is 18.3. The van der Waals surface area contributed by atoms with Crippen LogP contribution in [0.2, 0.25) is 0 Å². The number of benzene rings is 1. The Morgan fingerprint density at radius 2 is 2.12 bits per heavy atom. The summed E-state index contributed by atoms with van der Waals surface area (Å²) < 4.78 is 0. The van der Waals surface area contributed by atoms with Crippen LogP contribution in [-0.2, 0) is 19.4 Å². The molecule has 1 aliphatic rings. The second-order valence-electron chi connectivity index (χ2n) is 7.70. The lowest BCUT2D eigenvalue weighted by Crippen LogP contribution is -2.83. The number of nitrogens with one attached hydrogen (secondary N) is 1. The van der Waals surface area contributed by atoms with Gasteiger partial charge in [0.1, 0.15) is 17.4 Å². The highest BCUT2D eigenvalue weighted by Crippen LogP contribution is 2.35. The van der Waals surface area contributed by atoms with Gasteiger partial charge in [-0.25, -0.2) is 4.98 Å². The van der Waals surface area contributed by atoms with E-state index < -0.39 is 0 Å². The Hall–Kier alpha value is -1.98. The van der Waals surface area contributed by atoms with Gasteiger partial charge in [0.2, 0.25) is 0 Å². The molecular formula is C21H26N3OS+.